The molecule has 0 radical (unpaired) electrons. The van der Waals surface area contributed by atoms with Crippen LogP contribution < -0.4 is 20.1 Å². The number of amidine groups is 1. The largest absolute Gasteiger partial charge is 0.493 e. The Morgan fingerprint density at radius 3 is 2.58 bits per heavy atom. The molecule has 2 N–H and O–H groups in total. The molecule has 0 fully saturated rings. The quantitative estimate of drug-likeness (QED) is 0.198. The fraction of sp³-hybridized carbons (Fsp3) is 0.318. The summed E-state index contributed by atoms with van der Waals surface area (Å²) in [6.07, 6.45) is 4.40. The van der Waals surface area contributed by atoms with Gasteiger partial charge in [0.2, 0.25) is 0 Å². The minimum Gasteiger partial charge on any atom is -0.493 e. The van der Waals surface area contributed by atoms with Crippen molar-refractivity contribution in [1.82, 2.24) is 5.32 Å². The molecule has 0 heterocycles. The lowest BCUT2D eigenvalue weighted by molar-refractivity contribution is 0.0526. The Labute approximate surface area is 186 Å². The third kappa shape index (κ3) is 6.83. The van der Waals surface area contributed by atoms with Gasteiger partial charge in [0.1, 0.15) is 0 Å². The second kappa shape index (κ2) is 12.3. The molecule has 8 nitrogen and oxygen atoms in total. The van der Waals surface area contributed by atoms with E-state index >= 15 is 0 Å². The Balaban J connectivity index is 2.22. The molecule has 0 aromatic heterocycles. The number of nitrogens with one attached hydrogen (secondary N) is 2. The van der Waals surface area contributed by atoms with Crippen molar-refractivity contribution < 1.29 is 19.0 Å². The Kier molecular flexibility index (Phi) is 9.52. The first-order valence-corrected chi connectivity index (χ1v) is 10.8. The summed E-state index contributed by atoms with van der Waals surface area (Å²) in [6, 6.07) is 10.9. The zero-order valence-electron chi connectivity index (χ0n) is 18.0. The van der Waals surface area contributed by atoms with Gasteiger partial charge in [0, 0.05) is 6.54 Å². The molecule has 2 rings (SSSR count). The highest BCUT2D eigenvalue weighted by molar-refractivity contribution is 8.13. The van der Waals surface area contributed by atoms with E-state index in [2.05, 4.69) is 15.6 Å². The maximum absolute atomic E-state index is 12.1. The van der Waals surface area contributed by atoms with Crippen LogP contribution in [0.2, 0.25) is 0 Å². The highest BCUT2D eigenvalue weighted by Crippen LogP contribution is 2.29. The smallest absolute Gasteiger partial charge is 0.338 e. The third-order valence-electron chi connectivity index (χ3n) is 4.26. The van der Waals surface area contributed by atoms with E-state index in [4.69, 9.17) is 19.5 Å². The minimum atomic E-state index is -0.422. The van der Waals surface area contributed by atoms with Crippen molar-refractivity contribution in [1.29, 1.82) is 5.26 Å². The molecule has 31 heavy (non-hydrogen) atoms. The van der Waals surface area contributed by atoms with Crippen LogP contribution in [-0.4, -0.2) is 44.8 Å². The highest BCUT2D eigenvalue weighted by atomic mass is 32.2. The summed E-state index contributed by atoms with van der Waals surface area (Å²) in [5, 5.41) is 15.2. The molecule has 2 aromatic rings. The molecular formula is C22H26N4O4S. The molecule has 0 aliphatic carbocycles. The minimum absolute atomic E-state index is 0.287. The van der Waals surface area contributed by atoms with Crippen LogP contribution in [0.4, 0.5) is 11.4 Å². The summed E-state index contributed by atoms with van der Waals surface area (Å²) in [4.78, 5) is 16.6. The molecule has 0 spiro atoms. The normalized spacial score (nSPS) is 10.7. The molecule has 9 heteroatoms. The van der Waals surface area contributed by atoms with Gasteiger partial charge >= 0.3 is 5.97 Å². The fourth-order valence-corrected chi connectivity index (χ4v) is 3.11. The van der Waals surface area contributed by atoms with Crippen molar-refractivity contribution in [2.24, 2.45) is 4.99 Å². The molecule has 0 atom stereocenters. The lowest BCUT2D eigenvalue weighted by atomic mass is 10.1. The van der Waals surface area contributed by atoms with Crippen LogP contribution in [0.25, 0.3) is 0 Å². The van der Waals surface area contributed by atoms with Gasteiger partial charge in [0.05, 0.1) is 37.8 Å². The van der Waals surface area contributed by atoms with Crippen molar-refractivity contribution in [3.8, 4) is 17.7 Å². The summed E-state index contributed by atoms with van der Waals surface area (Å²) in [5.74, 6) is 0.936. The first kappa shape index (κ1) is 23.9. The second-order valence-corrected chi connectivity index (χ2v) is 6.97. The summed E-state index contributed by atoms with van der Waals surface area (Å²) < 4.78 is 15.7. The van der Waals surface area contributed by atoms with Crippen LogP contribution >= 0.6 is 11.8 Å². The van der Waals surface area contributed by atoms with Gasteiger partial charge in [0.25, 0.3) is 0 Å². The number of thioether (sulfide) groups is 1. The number of ether oxygens (including phenoxy) is 3. The number of methoxy groups -OCH3 is 2. The van der Waals surface area contributed by atoms with Gasteiger partial charge in [-0.1, -0.05) is 17.8 Å². The van der Waals surface area contributed by atoms with Gasteiger partial charge in [-0.15, -0.1) is 0 Å². The van der Waals surface area contributed by atoms with Crippen LogP contribution in [0.3, 0.4) is 0 Å². The zero-order valence-corrected chi connectivity index (χ0v) is 18.8. The second-order valence-electron chi connectivity index (χ2n) is 6.18. The number of aliphatic imine (C=N–C) groups is 1. The van der Waals surface area contributed by atoms with Crippen LogP contribution in [0.15, 0.2) is 41.4 Å². The predicted octanol–water partition coefficient (Wildman–Crippen LogP) is 3.96. The van der Waals surface area contributed by atoms with E-state index in [0.717, 1.165) is 17.7 Å². The number of nitrogens with zero attached hydrogens (tertiary/aromatic N) is 2. The number of nitriles is 1. The number of esters is 1. The zero-order chi connectivity index (χ0) is 22.6. The number of hydrogen-bond donors (Lipinski definition) is 2. The van der Waals surface area contributed by atoms with Gasteiger partial charge in [0.15, 0.2) is 22.9 Å². The number of rotatable bonds is 9. The van der Waals surface area contributed by atoms with Crippen molar-refractivity contribution in [3.05, 3.63) is 47.5 Å². The number of hydrogen-bond acceptors (Lipinski definition) is 8. The first-order chi connectivity index (χ1) is 15.1. The summed E-state index contributed by atoms with van der Waals surface area (Å²) in [5.41, 5.74) is 2.74. The van der Waals surface area contributed by atoms with E-state index in [-0.39, 0.29) is 6.61 Å². The van der Waals surface area contributed by atoms with Crippen LogP contribution in [0.5, 0.6) is 11.5 Å². The molecule has 164 valence electrons. The van der Waals surface area contributed by atoms with Crippen LogP contribution in [-0.2, 0) is 11.2 Å². The Bertz CT molecular complexity index is 972. The molecule has 0 aliphatic heterocycles. The number of benzene rings is 2. The van der Waals surface area contributed by atoms with Crippen molar-refractivity contribution in [2.45, 2.75) is 13.3 Å². The molecule has 0 aliphatic rings. The molecule has 0 saturated carbocycles. The van der Waals surface area contributed by atoms with E-state index in [9.17, 15) is 4.79 Å². The third-order valence-corrected chi connectivity index (χ3v) is 4.84. The molecule has 0 bridgehead atoms. The number of anilines is 1. The average molecular weight is 443 g/mol. The molecule has 0 unspecified atom stereocenters. The van der Waals surface area contributed by atoms with E-state index in [1.807, 2.05) is 30.6 Å². The maximum atomic E-state index is 12.1. The van der Waals surface area contributed by atoms with Crippen molar-refractivity contribution >= 4 is 34.3 Å². The Morgan fingerprint density at radius 2 is 1.94 bits per heavy atom. The van der Waals surface area contributed by atoms with Gasteiger partial charge in [-0.2, -0.15) is 5.26 Å². The maximum Gasteiger partial charge on any atom is 0.338 e. The van der Waals surface area contributed by atoms with Crippen LogP contribution in [0.1, 0.15) is 22.8 Å². The van der Waals surface area contributed by atoms with Crippen molar-refractivity contribution in [2.75, 3.05) is 38.9 Å². The topological polar surface area (TPSA) is 105 Å². The van der Waals surface area contributed by atoms with Gasteiger partial charge < -0.3 is 19.5 Å². The highest BCUT2D eigenvalue weighted by Gasteiger charge is 2.12. The summed E-state index contributed by atoms with van der Waals surface area (Å²) in [7, 11) is 3.21. The lowest BCUT2D eigenvalue weighted by Crippen LogP contribution is -2.13. The molecule has 2 aromatic carbocycles. The van der Waals surface area contributed by atoms with Gasteiger partial charge in [-0.25, -0.2) is 9.79 Å². The predicted molar refractivity (Wildman–Crippen MR) is 123 cm³/mol. The number of carbonyl (C=O) groups is 1. The standard InChI is InChI=1S/C22H26N4O4S/c1-5-30-21(27)16-7-8-17(18(13-16)26-22(31-4)25-14-23)24-11-10-15-6-9-19(28-2)20(12-15)29-3/h6-9,12-13,24H,5,10-11H2,1-4H3,(H,25,26). The SMILES string of the molecule is CCOC(=O)c1ccc(NCCc2ccc(OC)c(OC)c2)c(N=C(NC#N)SC)c1. The van der Waals surface area contributed by atoms with E-state index in [1.165, 1.54) is 11.8 Å². The summed E-state index contributed by atoms with van der Waals surface area (Å²) in [6.45, 7) is 2.66. The van der Waals surface area contributed by atoms with E-state index in [1.54, 1.807) is 39.3 Å². The van der Waals surface area contributed by atoms with Gasteiger partial charge in [-0.3, -0.25) is 5.32 Å². The fourth-order valence-electron chi connectivity index (χ4n) is 2.77. The Morgan fingerprint density at radius 1 is 1.16 bits per heavy atom. The monoisotopic (exact) mass is 442 g/mol. The first-order valence-electron chi connectivity index (χ1n) is 9.60. The Hall–Kier alpha value is -3.38. The lowest BCUT2D eigenvalue weighted by Gasteiger charge is -2.13. The number of carbonyl (C=O) groups excluding carboxylic acids is 1. The van der Waals surface area contributed by atoms with E-state index in [0.29, 0.717) is 34.5 Å². The molecular weight excluding hydrogens is 416 g/mol. The molecule has 0 amide bonds. The average Bonchev–Trinajstić information content (AvgIpc) is 2.79. The van der Waals surface area contributed by atoms with Crippen LogP contribution in [0, 0.1) is 11.5 Å². The van der Waals surface area contributed by atoms with E-state index < -0.39 is 5.97 Å². The van der Waals surface area contributed by atoms with Gasteiger partial charge in [-0.05, 0) is 55.5 Å². The van der Waals surface area contributed by atoms with Crippen molar-refractivity contribution in [3.63, 3.8) is 0 Å². The molecule has 0 saturated heterocycles. The summed E-state index contributed by atoms with van der Waals surface area (Å²) >= 11 is 1.30.